The van der Waals surface area contributed by atoms with Gasteiger partial charge in [0.05, 0.1) is 0 Å². The summed E-state index contributed by atoms with van der Waals surface area (Å²) in [5, 5.41) is 0. The summed E-state index contributed by atoms with van der Waals surface area (Å²) in [5.41, 5.74) is 6.02. The van der Waals surface area contributed by atoms with Gasteiger partial charge in [0.15, 0.2) is 17.5 Å². The Morgan fingerprint density at radius 2 is 1.60 bits per heavy atom. The first-order chi connectivity index (χ1) is 6.91. The number of benzene rings is 1. The molecule has 0 aliphatic heterocycles. The number of hydrogen-bond acceptors (Lipinski definition) is 1. The molecule has 2 N–H and O–H groups in total. The number of hydrogen-bond donors (Lipinski definition) is 1. The van der Waals surface area contributed by atoms with Crippen LogP contribution in [0.4, 0.5) is 13.2 Å². The van der Waals surface area contributed by atoms with E-state index in [-0.39, 0.29) is 0 Å². The van der Waals surface area contributed by atoms with Crippen LogP contribution in [-0.2, 0) is 0 Å². The van der Waals surface area contributed by atoms with Crippen LogP contribution in [0, 0.1) is 23.4 Å². The maximum atomic E-state index is 12.9. The van der Waals surface area contributed by atoms with Crippen LogP contribution in [0.1, 0.15) is 31.9 Å². The summed E-state index contributed by atoms with van der Waals surface area (Å²) >= 11 is 0. The van der Waals surface area contributed by atoms with Gasteiger partial charge < -0.3 is 5.73 Å². The van der Waals surface area contributed by atoms with E-state index in [1.807, 2.05) is 13.8 Å². The van der Waals surface area contributed by atoms with Gasteiger partial charge in [-0.25, -0.2) is 13.2 Å². The van der Waals surface area contributed by atoms with E-state index in [1.54, 1.807) is 0 Å². The zero-order chi connectivity index (χ0) is 11.6. The highest BCUT2D eigenvalue weighted by atomic mass is 19.2. The summed E-state index contributed by atoms with van der Waals surface area (Å²) in [6.07, 6.45) is 0.602. The highest BCUT2D eigenvalue weighted by molar-refractivity contribution is 5.22. The lowest BCUT2D eigenvalue weighted by Crippen LogP contribution is -2.14. The van der Waals surface area contributed by atoms with E-state index in [0.717, 1.165) is 12.1 Å². The van der Waals surface area contributed by atoms with Gasteiger partial charge in [-0.1, -0.05) is 13.8 Å². The topological polar surface area (TPSA) is 26.0 Å². The summed E-state index contributed by atoms with van der Waals surface area (Å²) in [5.74, 6) is -3.51. The molecule has 0 radical (unpaired) electrons. The Kier molecular flexibility index (Phi) is 3.74. The average molecular weight is 217 g/mol. The van der Waals surface area contributed by atoms with Crippen molar-refractivity contribution in [2.24, 2.45) is 11.7 Å². The molecule has 1 aromatic carbocycles. The summed E-state index contributed by atoms with van der Waals surface area (Å²) in [6.45, 7) is 3.91. The maximum absolute atomic E-state index is 12.9. The first kappa shape index (κ1) is 12.0. The van der Waals surface area contributed by atoms with Crippen LogP contribution in [-0.4, -0.2) is 0 Å². The zero-order valence-corrected chi connectivity index (χ0v) is 8.73. The van der Waals surface area contributed by atoms with Crippen molar-refractivity contribution in [3.05, 3.63) is 35.1 Å². The Hall–Kier alpha value is -1.03. The van der Waals surface area contributed by atoms with Crippen molar-refractivity contribution in [2.75, 3.05) is 0 Å². The lowest BCUT2D eigenvalue weighted by molar-refractivity contribution is 0.439. The lowest BCUT2D eigenvalue weighted by Gasteiger charge is -2.14. The van der Waals surface area contributed by atoms with Crippen molar-refractivity contribution < 1.29 is 13.2 Å². The molecule has 0 saturated heterocycles. The van der Waals surface area contributed by atoms with Crippen LogP contribution in [0.15, 0.2) is 12.1 Å². The molecule has 84 valence electrons. The molecule has 0 aliphatic rings. The van der Waals surface area contributed by atoms with E-state index in [1.165, 1.54) is 0 Å². The van der Waals surface area contributed by atoms with Crippen LogP contribution in [0.3, 0.4) is 0 Å². The Bertz CT molecular complexity index is 327. The van der Waals surface area contributed by atoms with Gasteiger partial charge in [0.25, 0.3) is 0 Å². The van der Waals surface area contributed by atoms with Crippen molar-refractivity contribution >= 4 is 0 Å². The maximum Gasteiger partial charge on any atom is 0.194 e. The molecule has 1 atom stereocenters. The molecule has 0 unspecified atom stereocenters. The smallest absolute Gasteiger partial charge is 0.194 e. The van der Waals surface area contributed by atoms with Crippen molar-refractivity contribution in [3.63, 3.8) is 0 Å². The van der Waals surface area contributed by atoms with Gasteiger partial charge in [-0.05, 0) is 30.0 Å². The van der Waals surface area contributed by atoms with E-state index >= 15 is 0 Å². The Balaban J connectivity index is 2.95. The van der Waals surface area contributed by atoms with Gasteiger partial charge in [0, 0.05) is 6.04 Å². The predicted octanol–water partition coefficient (Wildman–Crippen LogP) is 3.15. The van der Waals surface area contributed by atoms with Gasteiger partial charge in [-0.15, -0.1) is 0 Å². The fourth-order valence-corrected chi connectivity index (χ4v) is 1.43. The molecule has 0 spiro atoms. The number of nitrogens with two attached hydrogens (primary N) is 1. The molecule has 1 nitrogen and oxygen atoms in total. The molecule has 0 aromatic heterocycles. The second-order valence-electron chi connectivity index (χ2n) is 4.03. The van der Waals surface area contributed by atoms with Gasteiger partial charge in [-0.2, -0.15) is 0 Å². The van der Waals surface area contributed by atoms with Gasteiger partial charge >= 0.3 is 0 Å². The van der Waals surface area contributed by atoms with Crippen LogP contribution >= 0.6 is 0 Å². The number of halogens is 3. The SMILES string of the molecule is CC(C)C[C@H](N)c1cc(F)c(F)c(F)c1. The molecule has 0 saturated carbocycles. The van der Waals surface area contributed by atoms with Crippen molar-refractivity contribution in [1.82, 2.24) is 0 Å². The molecule has 0 fully saturated rings. The largest absolute Gasteiger partial charge is 0.324 e. The highest BCUT2D eigenvalue weighted by Crippen LogP contribution is 2.22. The summed E-state index contributed by atoms with van der Waals surface area (Å²) < 4.78 is 38.4. The third-order valence-electron chi connectivity index (χ3n) is 2.16. The Labute approximate surface area is 87.1 Å². The Morgan fingerprint density at radius 3 is 2.00 bits per heavy atom. The van der Waals surface area contributed by atoms with Gasteiger partial charge in [0.1, 0.15) is 0 Å². The monoisotopic (exact) mass is 217 g/mol. The summed E-state index contributed by atoms with van der Waals surface area (Å²) in [4.78, 5) is 0. The molecule has 0 heterocycles. The minimum Gasteiger partial charge on any atom is -0.324 e. The fourth-order valence-electron chi connectivity index (χ4n) is 1.43. The Morgan fingerprint density at radius 1 is 1.13 bits per heavy atom. The van der Waals surface area contributed by atoms with Crippen molar-refractivity contribution in [1.29, 1.82) is 0 Å². The fraction of sp³-hybridized carbons (Fsp3) is 0.455. The standard InChI is InChI=1S/C11H14F3N/c1-6(2)3-10(15)7-4-8(12)11(14)9(13)5-7/h4-6,10H,3,15H2,1-2H3/t10-/m0/s1. The zero-order valence-electron chi connectivity index (χ0n) is 8.73. The van der Waals surface area contributed by atoms with Crippen LogP contribution in [0.5, 0.6) is 0 Å². The van der Waals surface area contributed by atoms with Crippen LogP contribution in [0.25, 0.3) is 0 Å². The van der Waals surface area contributed by atoms with Crippen LogP contribution in [0.2, 0.25) is 0 Å². The second-order valence-corrected chi connectivity index (χ2v) is 4.03. The third-order valence-corrected chi connectivity index (χ3v) is 2.16. The molecule has 1 aromatic rings. The molecule has 0 aliphatic carbocycles. The highest BCUT2D eigenvalue weighted by Gasteiger charge is 2.15. The number of rotatable bonds is 3. The predicted molar refractivity (Wildman–Crippen MR) is 52.7 cm³/mol. The molecule has 1 rings (SSSR count). The van der Waals surface area contributed by atoms with E-state index in [2.05, 4.69) is 0 Å². The lowest BCUT2D eigenvalue weighted by atomic mass is 9.97. The molecule has 4 heteroatoms. The summed E-state index contributed by atoms with van der Waals surface area (Å²) in [7, 11) is 0. The van der Waals surface area contributed by atoms with Crippen molar-refractivity contribution in [2.45, 2.75) is 26.3 Å². The van der Waals surface area contributed by atoms with Crippen molar-refractivity contribution in [3.8, 4) is 0 Å². The third kappa shape index (κ3) is 2.96. The molecule has 0 bridgehead atoms. The minimum absolute atomic E-state index is 0.292. The first-order valence-corrected chi connectivity index (χ1v) is 4.81. The molecule has 15 heavy (non-hydrogen) atoms. The van der Waals surface area contributed by atoms with E-state index in [4.69, 9.17) is 5.73 Å². The second kappa shape index (κ2) is 4.66. The minimum atomic E-state index is -1.45. The summed E-state index contributed by atoms with van der Waals surface area (Å²) in [6, 6.07) is 1.44. The normalized spacial score (nSPS) is 13.3. The van der Waals surface area contributed by atoms with E-state index in [0.29, 0.717) is 17.9 Å². The molecular formula is C11H14F3N. The van der Waals surface area contributed by atoms with E-state index in [9.17, 15) is 13.2 Å². The van der Waals surface area contributed by atoms with Crippen LogP contribution < -0.4 is 5.73 Å². The van der Waals surface area contributed by atoms with Gasteiger partial charge in [0.2, 0.25) is 0 Å². The average Bonchev–Trinajstić information content (AvgIpc) is 2.12. The first-order valence-electron chi connectivity index (χ1n) is 4.81. The van der Waals surface area contributed by atoms with Gasteiger partial charge in [-0.3, -0.25) is 0 Å². The molecular weight excluding hydrogens is 203 g/mol. The quantitative estimate of drug-likeness (QED) is 0.773. The molecule has 0 amide bonds. The van der Waals surface area contributed by atoms with E-state index < -0.39 is 23.5 Å².